The van der Waals surface area contributed by atoms with E-state index in [1.165, 1.54) is 0 Å². The minimum atomic E-state index is -0.0372. The molecule has 0 amide bonds. The van der Waals surface area contributed by atoms with Crippen molar-refractivity contribution in [3.8, 4) is 6.07 Å². The Labute approximate surface area is 188 Å². The molecule has 1 N–H and O–H groups in total. The molecule has 178 valence electrons. The summed E-state index contributed by atoms with van der Waals surface area (Å²) in [5, 5.41) is 17.5. The molecule has 6 nitrogen and oxygen atoms in total. The van der Waals surface area contributed by atoms with Gasteiger partial charge in [-0.25, -0.2) is 0 Å². The number of ether oxygens (including phenoxy) is 2. The second kappa shape index (κ2) is 15.2. The van der Waals surface area contributed by atoms with Crippen molar-refractivity contribution in [2.24, 2.45) is 35.5 Å². The highest BCUT2D eigenvalue weighted by atomic mass is 16.5. The van der Waals surface area contributed by atoms with Gasteiger partial charge in [-0.05, 0) is 76.0 Å². The Morgan fingerprint density at radius 1 is 0.839 bits per heavy atom. The molecule has 6 heteroatoms. The number of hydrogen-bond acceptors (Lipinski definition) is 6. The smallest absolute Gasteiger partial charge is 0.309 e. The van der Waals surface area contributed by atoms with Gasteiger partial charge in [0, 0.05) is 13.0 Å². The number of hydrogen-bond donors (Lipinski definition) is 1. The Kier molecular flexibility index (Phi) is 13.5. The molecule has 0 bridgehead atoms. The van der Waals surface area contributed by atoms with Gasteiger partial charge in [-0.15, -0.1) is 0 Å². The van der Waals surface area contributed by atoms with Crippen LogP contribution in [-0.4, -0.2) is 36.9 Å². The lowest BCUT2D eigenvalue weighted by Gasteiger charge is -2.15. The molecule has 0 spiro atoms. The molecule has 2 saturated carbocycles. The number of aliphatic hydroxyl groups is 1. The van der Waals surface area contributed by atoms with Crippen LogP contribution < -0.4 is 0 Å². The van der Waals surface area contributed by atoms with E-state index in [0.29, 0.717) is 43.3 Å². The van der Waals surface area contributed by atoms with Crippen molar-refractivity contribution >= 4 is 11.9 Å². The first-order valence-electron chi connectivity index (χ1n) is 12.3. The van der Waals surface area contributed by atoms with E-state index in [2.05, 4.69) is 19.9 Å². The molecule has 0 aromatic rings. The largest absolute Gasteiger partial charge is 0.466 e. The number of carbonyl (C=O) groups excluding carboxylic acids is 2. The summed E-state index contributed by atoms with van der Waals surface area (Å²) >= 11 is 0. The van der Waals surface area contributed by atoms with Crippen LogP contribution >= 0.6 is 0 Å². The average molecular weight is 438 g/mol. The molecule has 31 heavy (non-hydrogen) atoms. The minimum Gasteiger partial charge on any atom is -0.466 e. The van der Waals surface area contributed by atoms with Crippen LogP contribution in [0.3, 0.4) is 0 Å². The van der Waals surface area contributed by atoms with Crippen molar-refractivity contribution in [1.29, 1.82) is 5.26 Å². The third kappa shape index (κ3) is 8.80. The molecule has 0 aliphatic heterocycles. The fourth-order valence-electron chi connectivity index (χ4n) is 5.38. The maximum atomic E-state index is 11.7. The van der Waals surface area contributed by atoms with Crippen molar-refractivity contribution < 1.29 is 24.2 Å². The molecule has 2 fully saturated rings. The molecular formula is C25H43NO5. The first kappa shape index (κ1) is 27.4. The number of carbonyl (C=O) groups is 2. The summed E-state index contributed by atoms with van der Waals surface area (Å²) in [7, 11) is 0. The van der Waals surface area contributed by atoms with Gasteiger partial charge in [0.15, 0.2) is 0 Å². The van der Waals surface area contributed by atoms with Gasteiger partial charge in [-0.2, -0.15) is 5.26 Å². The molecule has 2 aliphatic carbocycles. The lowest BCUT2D eigenvalue weighted by Crippen LogP contribution is -2.21. The Morgan fingerprint density at radius 3 is 1.65 bits per heavy atom. The summed E-state index contributed by atoms with van der Waals surface area (Å²) in [6.45, 7) is 9.11. The van der Waals surface area contributed by atoms with Gasteiger partial charge in [0.25, 0.3) is 0 Å². The molecule has 2 aliphatic rings. The quantitative estimate of drug-likeness (QED) is 0.489. The van der Waals surface area contributed by atoms with Crippen LogP contribution in [0.1, 0.15) is 85.5 Å². The fourth-order valence-corrected chi connectivity index (χ4v) is 5.38. The molecular weight excluding hydrogens is 394 g/mol. The standard InChI is InChI=1S/C13H21NO2.C12H22O3/c1-3-11-8-10(6-5-7-14)9-12(11)13(15)16-4-2;1-3-10-7-9(5-6-13)8-11(10)12(14)15-4-2/h10-12H,3-6,8-9H2,1-2H3;9-11,13H,3-8H2,1-2H3. The van der Waals surface area contributed by atoms with E-state index in [0.717, 1.165) is 51.4 Å². The van der Waals surface area contributed by atoms with Crippen molar-refractivity contribution in [1.82, 2.24) is 0 Å². The lowest BCUT2D eigenvalue weighted by atomic mass is 9.94. The van der Waals surface area contributed by atoms with Crippen LogP contribution in [0.4, 0.5) is 0 Å². The van der Waals surface area contributed by atoms with Gasteiger partial charge in [0.1, 0.15) is 0 Å². The summed E-state index contributed by atoms with van der Waals surface area (Å²) in [6, 6.07) is 2.18. The predicted molar refractivity (Wildman–Crippen MR) is 120 cm³/mol. The molecule has 0 heterocycles. The molecule has 6 unspecified atom stereocenters. The molecule has 0 aromatic heterocycles. The monoisotopic (exact) mass is 437 g/mol. The Hall–Kier alpha value is -1.61. The van der Waals surface area contributed by atoms with Crippen molar-refractivity contribution in [2.75, 3.05) is 19.8 Å². The number of esters is 2. The number of nitrogens with zero attached hydrogens (tertiary/aromatic N) is 1. The zero-order valence-corrected chi connectivity index (χ0v) is 20.0. The van der Waals surface area contributed by atoms with E-state index in [1.54, 1.807) is 0 Å². The van der Waals surface area contributed by atoms with E-state index in [9.17, 15) is 9.59 Å². The van der Waals surface area contributed by atoms with Crippen LogP contribution in [0.15, 0.2) is 0 Å². The number of rotatable bonds is 10. The summed E-state index contributed by atoms with van der Waals surface area (Å²) in [6.07, 6.45) is 8.41. The Bertz CT molecular complexity index is 573. The van der Waals surface area contributed by atoms with E-state index in [4.69, 9.17) is 19.8 Å². The molecule has 0 saturated heterocycles. The van der Waals surface area contributed by atoms with Crippen LogP contribution in [-0.2, 0) is 19.1 Å². The van der Waals surface area contributed by atoms with Crippen LogP contribution in [0, 0.1) is 46.8 Å². The summed E-state index contributed by atoms with van der Waals surface area (Å²) in [4.78, 5) is 23.4. The highest BCUT2D eigenvalue weighted by molar-refractivity contribution is 5.73. The van der Waals surface area contributed by atoms with E-state index >= 15 is 0 Å². The molecule has 0 aromatic carbocycles. The third-order valence-electron chi connectivity index (χ3n) is 7.01. The molecule has 0 radical (unpaired) electrons. The average Bonchev–Trinajstić information content (AvgIpc) is 3.37. The summed E-state index contributed by atoms with van der Waals surface area (Å²) < 4.78 is 10.2. The van der Waals surface area contributed by atoms with Gasteiger partial charge < -0.3 is 14.6 Å². The molecule has 6 atom stereocenters. The van der Waals surface area contributed by atoms with Gasteiger partial charge >= 0.3 is 11.9 Å². The zero-order valence-electron chi connectivity index (χ0n) is 20.0. The van der Waals surface area contributed by atoms with Crippen LogP contribution in [0.2, 0.25) is 0 Å². The third-order valence-corrected chi connectivity index (χ3v) is 7.01. The maximum Gasteiger partial charge on any atom is 0.309 e. The molecule has 2 rings (SSSR count). The fraction of sp³-hybridized carbons (Fsp3) is 0.880. The van der Waals surface area contributed by atoms with Gasteiger partial charge in [0.05, 0.1) is 31.1 Å². The van der Waals surface area contributed by atoms with Crippen molar-refractivity contribution in [3.63, 3.8) is 0 Å². The summed E-state index contributed by atoms with van der Waals surface area (Å²) in [5.74, 6) is 2.05. The number of nitriles is 1. The SMILES string of the molecule is CCOC(=O)C1CC(CCC#N)CC1CC.CCOC(=O)C1CC(CCO)CC1CC. The van der Waals surface area contributed by atoms with E-state index < -0.39 is 0 Å². The van der Waals surface area contributed by atoms with Gasteiger partial charge in [0.2, 0.25) is 0 Å². The van der Waals surface area contributed by atoms with E-state index in [1.807, 2.05) is 13.8 Å². The highest BCUT2D eigenvalue weighted by Gasteiger charge is 2.39. The van der Waals surface area contributed by atoms with Gasteiger partial charge in [-0.1, -0.05) is 26.7 Å². The van der Waals surface area contributed by atoms with Crippen molar-refractivity contribution in [3.05, 3.63) is 0 Å². The second-order valence-corrected chi connectivity index (χ2v) is 8.94. The van der Waals surface area contributed by atoms with Crippen LogP contribution in [0.5, 0.6) is 0 Å². The predicted octanol–water partition coefficient (Wildman–Crippen LogP) is 4.89. The second-order valence-electron chi connectivity index (χ2n) is 8.94. The zero-order chi connectivity index (χ0) is 23.2. The maximum absolute atomic E-state index is 11.7. The topological polar surface area (TPSA) is 96.6 Å². The number of aliphatic hydroxyl groups excluding tert-OH is 1. The highest BCUT2D eigenvalue weighted by Crippen LogP contribution is 2.41. The lowest BCUT2D eigenvalue weighted by molar-refractivity contribution is -0.150. The van der Waals surface area contributed by atoms with E-state index in [-0.39, 0.29) is 30.4 Å². The first-order chi connectivity index (χ1) is 14.9. The van der Waals surface area contributed by atoms with Crippen LogP contribution in [0.25, 0.3) is 0 Å². The van der Waals surface area contributed by atoms with Crippen molar-refractivity contribution in [2.45, 2.75) is 85.5 Å². The van der Waals surface area contributed by atoms with Gasteiger partial charge in [-0.3, -0.25) is 9.59 Å². The Morgan fingerprint density at radius 2 is 1.29 bits per heavy atom. The normalized spacial score (nSPS) is 29.5. The first-order valence-corrected chi connectivity index (χ1v) is 12.3. The summed E-state index contributed by atoms with van der Waals surface area (Å²) in [5.41, 5.74) is 0. The minimum absolute atomic E-state index is 0.0335. The Balaban J connectivity index is 0.000000311.